The van der Waals surface area contributed by atoms with Crippen LogP contribution >= 0.6 is 28.6 Å². The van der Waals surface area contributed by atoms with Crippen LogP contribution in [0.5, 0.6) is 0 Å². The number of carbonyl (C=O) groups is 1. The van der Waals surface area contributed by atoms with Gasteiger partial charge in [-0.1, -0.05) is 29.8 Å². The van der Waals surface area contributed by atoms with E-state index in [1.807, 2.05) is 18.2 Å². The van der Waals surface area contributed by atoms with Crippen LogP contribution in [0.15, 0.2) is 27.6 Å². The Labute approximate surface area is 128 Å². The summed E-state index contributed by atoms with van der Waals surface area (Å²) in [5.74, 6) is 1.31. The first-order valence-electron chi connectivity index (χ1n) is 6.76. The van der Waals surface area contributed by atoms with E-state index < -0.39 is 0 Å². The molecular weight excluding hydrogens is 322 g/mol. The molecule has 0 radical (unpaired) electrons. The molecule has 0 bridgehead atoms. The molecule has 19 heavy (non-hydrogen) atoms. The number of hydrogen-bond acceptors (Lipinski definition) is 2. The number of nitrogens with one attached hydrogen (secondary N) is 1. The first-order valence-corrected chi connectivity index (χ1v) is 8.00. The second kappa shape index (κ2) is 6.31. The van der Waals surface area contributed by atoms with Crippen molar-refractivity contribution in [2.45, 2.75) is 44.0 Å². The van der Waals surface area contributed by atoms with E-state index in [4.69, 9.17) is 0 Å². The molecule has 0 spiro atoms. The van der Waals surface area contributed by atoms with Crippen molar-refractivity contribution < 1.29 is 4.79 Å². The predicted molar refractivity (Wildman–Crippen MR) is 84.8 cm³/mol. The van der Waals surface area contributed by atoms with Crippen LogP contribution in [-0.2, 0) is 0 Å². The maximum absolute atomic E-state index is 12.3. The predicted octanol–water partition coefficient (Wildman–Crippen LogP) is 4.29. The Balaban J connectivity index is 2.04. The number of halogens is 1. The largest absolute Gasteiger partial charge is 0.349 e. The normalized spacial score (nSPS) is 27.1. The minimum Gasteiger partial charge on any atom is -0.349 e. The lowest BCUT2D eigenvalue weighted by Crippen LogP contribution is -2.42. The summed E-state index contributed by atoms with van der Waals surface area (Å²) in [5, 5.41) is 3.16. The number of amides is 1. The highest BCUT2D eigenvalue weighted by Gasteiger charge is 2.27. The Morgan fingerprint density at radius 1 is 1.37 bits per heavy atom. The van der Waals surface area contributed by atoms with Gasteiger partial charge in [0.25, 0.3) is 5.91 Å². The second-order valence-electron chi connectivity index (χ2n) is 5.64. The Kier molecular flexibility index (Phi) is 4.96. The van der Waals surface area contributed by atoms with Gasteiger partial charge in [-0.25, -0.2) is 0 Å². The highest BCUT2D eigenvalue weighted by molar-refractivity contribution is 9.10. The van der Waals surface area contributed by atoms with Gasteiger partial charge in [0.1, 0.15) is 0 Å². The van der Waals surface area contributed by atoms with Crippen LogP contribution in [0, 0.1) is 11.8 Å². The zero-order chi connectivity index (χ0) is 14.0. The first-order chi connectivity index (χ1) is 8.97. The van der Waals surface area contributed by atoms with Crippen molar-refractivity contribution >= 4 is 34.5 Å². The van der Waals surface area contributed by atoms with E-state index in [1.54, 1.807) is 0 Å². The van der Waals surface area contributed by atoms with Crippen LogP contribution in [-0.4, -0.2) is 11.9 Å². The maximum Gasteiger partial charge on any atom is 0.252 e. The van der Waals surface area contributed by atoms with E-state index in [9.17, 15) is 4.79 Å². The molecule has 3 atom stereocenters. The Bertz CT molecular complexity index is 477. The molecule has 1 saturated carbocycles. The number of carbonyl (C=O) groups excluding carboxylic acids is 1. The molecule has 0 aliphatic heterocycles. The minimum absolute atomic E-state index is 0.0103. The van der Waals surface area contributed by atoms with E-state index in [1.165, 1.54) is 12.8 Å². The topological polar surface area (TPSA) is 29.1 Å². The third kappa shape index (κ3) is 3.76. The third-order valence-corrected chi connectivity index (χ3v) is 4.82. The lowest BCUT2D eigenvalue weighted by Gasteiger charge is -2.33. The van der Waals surface area contributed by atoms with E-state index in [0.29, 0.717) is 22.4 Å². The SMILES string of the molecule is CC1CCC(NC(=O)c2ccc(Br)cc2S)C(C)C1. The molecule has 104 valence electrons. The second-order valence-corrected chi connectivity index (χ2v) is 7.03. The average molecular weight is 342 g/mol. The molecule has 0 heterocycles. The van der Waals surface area contributed by atoms with Crippen LogP contribution in [0.1, 0.15) is 43.5 Å². The van der Waals surface area contributed by atoms with Gasteiger partial charge < -0.3 is 5.32 Å². The Hall–Kier alpha value is -0.480. The molecule has 1 aliphatic rings. The summed E-state index contributed by atoms with van der Waals surface area (Å²) in [6.45, 7) is 4.51. The van der Waals surface area contributed by atoms with Crippen molar-refractivity contribution in [3.63, 3.8) is 0 Å². The molecule has 1 aromatic carbocycles. The first kappa shape index (κ1) is 14.9. The van der Waals surface area contributed by atoms with E-state index >= 15 is 0 Å². The summed E-state index contributed by atoms with van der Waals surface area (Å²) >= 11 is 7.75. The zero-order valence-electron chi connectivity index (χ0n) is 11.3. The molecule has 1 fully saturated rings. The van der Waals surface area contributed by atoms with Gasteiger partial charge in [-0.3, -0.25) is 4.79 Å². The smallest absolute Gasteiger partial charge is 0.252 e. The summed E-state index contributed by atoms with van der Waals surface area (Å²) in [4.78, 5) is 13.0. The van der Waals surface area contributed by atoms with Crippen molar-refractivity contribution in [2.75, 3.05) is 0 Å². The van der Waals surface area contributed by atoms with Gasteiger partial charge in [0.15, 0.2) is 0 Å². The van der Waals surface area contributed by atoms with Crippen LogP contribution < -0.4 is 5.32 Å². The van der Waals surface area contributed by atoms with E-state index in [2.05, 4.69) is 47.7 Å². The van der Waals surface area contributed by atoms with Crippen molar-refractivity contribution in [2.24, 2.45) is 11.8 Å². The Morgan fingerprint density at radius 2 is 2.11 bits per heavy atom. The fourth-order valence-electron chi connectivity index (χ4n) is 2.82. The highest BCUT2D eigenvalue weighted by atomic mass is 79.9. The van der Waals surface area contributed by atoms with Gasteiger partial charge in [-0.2, -0.15) is 0 Å². The molecule has 0 saturated heterocycles. The summed E-state index contributed by atoms with van der Waals surface area (Å²) in [7, 11) is 0. The van der Waals surface area contributed by atoms with Crippen molar-refractivity contribution in [3.8, 4) is 0 Å². The molecule has 2 rings (SSSR count). The number of hydrogen-bond donors (Lipinski definition) is 2. The van der Waals surface area contributed by atoms with Crippen molar-refractivity contribution in [1.82, 2.24) is 5.32 Å². The van der Waals surface area contributed by atoms with Gasteiger partial charge in [-0.05, 0) is 49.3 Å². The standard InChI is InChI=1S/C15H20BrNOS/c1-9-3-6-13(10(2)7-9)17-15(18)12-5-4-11(16)8-14(12)19/h4-5,8-10,13,19H,3,6-7H2,1-2H3,(H,17,18). The lowest BCUT2D eigenvalue weighted by atomic mass is 9.80. The quantitative estimate of drug-likeness (QED) is 0.772. The Morgan fingerprint density at radius 3 is 2.74 bits per heavy atom. The van der Waals surface area contributed by atoms with Crippen LogP contribution in [0.3, 0.4) is 0 Å². The molecule has 3 unspecified atom stereocenters. The molecule has 2 nitrogen and oxygen atoms in total. The fourth-order valence-corrected chi connectivity index (χ4v) is 3.68. The molecule has 1 amide bonds. The van der Waals surface area contributed by atoms with Gasteiger partial charge in [0.2, 0.25) is 0 Å². The fraction of sp³-hybridized carbons (Fsp3) is 0.533. The summed E-state index contributed by atoms with van der Waals surface area (Å²) < 4.78 is 0.939. The number of rotatable bonds is 2. The monoisotopic (exact) mass is 341 g/mol. The summed E-state index contributed by atoms with van der Waals surface area (Å²) in [6.07, 6.45) is 3.47. The third-order valence-electron chi connectivity index (χ3n) is 3.95. The number of benzene rings is 1. The molecule has 0 aromatic heterocycles. The van der Waals surface area contributed by atoms with Gasteiger partial charge in [-0.15, -0.1) is 12.6 Å². The van der Waals surface area contributed by atoms with Crippen molar-refractivity contribution in [3.05, 3.63) is 28.2 Å². The molecule has 1 aromatic rings. The van der Waals surface area contributed by atoms with E-state index in [0.717, 1.165) is 16.8 Å². The molecule has 1 aliphatic carbocycles. The van der Waals surface area contributed by atoms with Gasteiger partial charge in [0.05, 0.1) is 5.56 Å². The van der Waals surface area contributed by atoms with Crippen LogP contribution in [0.4, 0.5) is 0 Å². The summed E-state index contributed by atoms with van der Waals surface area (Å²) in [6, 6.07) is 5.84. The van der Waals surface area contributed by atoms with Crippen LogP contribution in [0.2, 0.25) is 0 Å². The highest BCUT2D eigenvalue weighted by Crippen LogP contribution is 2.29. The molecule has 1 N–H and O–H groups in total. The lowest BCUT2D eigenvalue weighted by molar-refractivity contribution is 0.0896. The van der Waals surface area contributed by atoms with Gasteiger partial charge in [0, 0.05) is 15.4 Å². The number of thiol groups is 1. The van der Waals surface area contributed by atoms with Crippen LogP contribution in [0.25, 0.3) is 0 Å². The minimum atomic E-state index is -0.0103. The maximum atomic E-state index is 12.3. The van der Waals surface area contributed by atoms with Gasteiger partial charge >= 0.3 is 0 Å². The summed E-state index contributed by atoms with van der Waals surface area (Å²) in [5.41, 5.74) is 0.650. The molecular formula is C15H20BrNOS. The zero-order valence-corrected chi connectivity index (χ0v) is 13.8. The van der Waals surface area contributed by atoms with E-state index in [-0.39, 0.29) is 5.91 Å². The molecule has 4 heteroatoms. The average Bonchev–Trinajstić information content (AvgIpc) is 2.32. The van der Waals surface area contributed by atoms with Crippen molar-refractivity contribution in [1.29, 1.82) is 0 Å².